The maximum absolute atomic E-state index is 12.0. The third-order valence-corrected chi connectivity index (χ3v) is 3.31. The van der Waals surface area contributed by atoms with Crippen molar-refractivity contribution in [1.82, 2.24) is 15.2 Å². The summed E-state index contributed by atoms with van der Waals surface area (Å²) in [6.45, 7) is 2.47. The van der Waals surface area contributed by atoms with E-state index in [0.717, 1.165) is 13.1 Å². The molecule has 1 fully saturated rings. The van der Waals surface area contributed by atoms with Crippen molar-refractivity contribution >= 4 is 18.2 Å². The highest BCUT2D eigenvalue weighted by atomic mass is 35.5. The van der Waals surface area contributed by atoms with Crippen molar-refractivity contribution < 1.29 is 4.79 Å². The van der Waals surface area contributed by atoms with Crippen molar-refractivity contribution in [1.29, 1.82) is 0 Å². The number of carbonyl (C=O) groups is 1. The Hall–Kier alpha value is -0.970. The van der Waals surface area contributed by atoms with Crippen LogP contribution < -0.4 is 5.32 Å². The van der Waals surface area contributed by atoms with Gasteiger partial charge >= 0.3 is 0 Å². The molecule has 2 rings (SSSR count). The van der Waals surface area contributed by atoms with Crippen LogP contribution in [0.2, 0.25) is 0 Å². The Kier molecular flexibility index (Phi) is 6.99. The van der Waals surface area contributed by atoms with Crippen molar-refractivity contribution in [2.75, 3.05) is 26.7 Å². The van der Waals surface area contributed by atoms with Gasteiger partial charge in [-0.1, -0.05) is 12.5 Å². The van der Waals surface area contributed by atoms with E-state index in [0.29, 0.717) is 18.3 Å². The Morgan fingerprint density at radius 3 is 2.95 bits per heavy atom. The van der Waals surface area contributed by atoms with E-state index in [4.69, 9.17) is 0 Å². The quantitative estimate of drug-likeness (QED) is 0.837. The van der Waals surface area contributed by atoms with Gasteiger partial charge in [-0.2, -0.15) is 0 Å². The molecule has 1 aromatic rings. The number of nitrogens with zero attached hydrogens (tertiary/aromatic N) is 2. The molecular weight excluding hydrogens is 262 g/mol. The van der Waals surface area contributed by atoms with E-state index in [1.54, 1.807) is 12.3 Å². The van der Waals surface area contributed by atoms with Gasteiger partial charge in [-0.15, -0.1) is 12.4 Å². The summed E-state index contributed by atoms with van der Waals surface area (Å²) < 4.78 is 0. The van der Waals surface area contributed by atoms with Crippen LogP contribution in [0.1, 0.15) is 29.8 Å². The number of carbonyl (C=O) groups excluding carboxylic acids is 1. The van der Waals surface area contributed by atoms with E-state index in [1.165, 1.54) is 19.3 Å². The van der Waals surface area contributed by atoms with Crippen LogP contribution >= 0.6 is 12.4 Å². The molecule has 0 bridgehead atoms. The predicted molar refractivity (Wildman–Crippen MR) is 79.0 cm³/mol. The summed E-state index contributed by atoms with van der Waals surface area (Å²) in [5.41, 5.74) is 0.556. The molecule has 1 aromatic heterocycles. The van der Waals surface area contributed by atoms with Crippen molar-refractivity contribution in [3.8, 4) is 0 Å². The zero-order chi connectivity index (χ0) is 12.8. The summed E-state index contributed by atoms with van der Waals surface area (Å²) in [5, 5.41) is 3.49. The van der Waals surface area contributed by atoms with Gasteiger partial charge in [-0.05, 0) is 38.6 Å². The Bertz CT molecular complexity index is 380. The fraction of sp³-hybridized carbons (Fsp3) is 0.571. The molecule has 1 atom stereocenters. The van der Waals surface area contributed by atoms with E-state index >= 15 is 0 Å². The third kappa shape index (κ3) is 5.27. The van der Waals surface area contributed by atoms with Gasteiger partial charge in [0.05, 0.1) is 6.54 Å². The summed E-state index contributed by atoms with van der Waals surface area (Å²) in [5.74, 6) is 0.0916. The average molecular weight is 284 g/mol. The molecule has 1 N–H and O–H groups in total. The van der Waals surface area contributed by atoms with Gasteiger partial charge in [0.1, 0.15) is 5.69 Å². The van der Waals surface area contributed by atoms with Crippen molar-refractivity contribution in [3.63, 3.8) is 0 Å². The van der Waals surface area contributed by atoms with Gasteiger partial charge in [0.25, 0.3) is 0 Å². The molecule has 19 heavy (non-hydrogen) atoms. The lowest BCUT2D eigenvalue weighted by Gasteiger charge is -2.27. The van der Waals surface area contributed by atoms with Gasteiger partial charge in [-0.25, -0.2) is 0 Å². The number of aromatic nitrogens is 1. The first-order chi connectivity index (χ1) is 8.75. The smallest absolute Gasteiger partial charge is 0.195 e. The average Bonchev–Trinajstić information content (AvgIpc) is 2.40. The first kappa shape index (κ1) is 16.1. The topological polar surface area (TPSA) is 45.2 Å². The molecule has 0 amide bonds. The lowest BCUT2D eigenvalue weighted by atomic mass is 10.0. The molecule has 1 saturated heterocycles. The number of halogens is 1. The van der Waals surface area contributed by atoms with Crippen molar-refractivity contribution in [2.24, 2.45) is 0 Å². The first-order valence-electron chi connectivity index (χ1n) is 6.62. The maximum Gasteiger partial charge on any atom is 0.195 e. The number of likely N-dealkylation sites (N-methyl/N-ethyl adjacent to an activating group) is 1. The number of hydrogen-bond donors (Lipinski definition) is 1. The van der Waals surface area contributed by atoms with Crippen LogP contribution in [0.5, 0.6) is 0 Å². The maximum atomic E-state index is 12.0. The van der Waals surface area contributed by atoms with Crippen LogP contribution in [-0.4, -0.2) is 48.4 Å². The molecular formula is C14H22ClN3O. The number of hydrogen-bond acceptors (Lipinski definition) is 4. The third-order valence-electron chi connectivity index (χ3n) is 3.31. The molecule has 4 nitrogen and oxygen atoms in total. The molecule has 1 aliphatic rings. The second kappa shape index (κ2) is 8.25. The van der Waals surface area contributed by atoms with Crippen molar-refractivity contribution in [2.45, 2.75) is 25.3 Å². The van der Waals surface area contributed by atoms with Gasteiger partial charge in [-0.3, -0.25) is 14.7 Å². The second-order valence-corrected chi connectivity index (χ2v) is 4.98. The van der Waals surface area contributed by atoms with Crippen LogP contribution in [0, 0.1) is 0 Å². The molecule has 0 saturated carbocycles. The molecule has 2 heterocycles. The predicted octanol–water partition coefficient (Wildman–Crippen LogP) is 1.76. The number of nitrogens with one attached hydrogen (secondary N) is 1. The normalized spacial score (nSPS) is 18.9. The summed E-state index contributed by atoms with van der Waals surface area (Å²) in [6.07, 6.45) is 5.44. The van der Waals surface area contributed by atoms with Crippen LogP contribution in [0.3, 0.4) is 0 Å². The van der Waals surface area contributed by atoms with E-state index in [-0.39, 0.29) is 18.2 Å². The molecule has 0 aromatic carbocycles. The van der Waals surface area contributed by atoms with Crippen LogP contribution in [0.25, 0.3) is 0 Å². The molecule has 1 unspecified atom stereocenters. The molecule has 106 valence electrons. The zero-order valence-electron chi connectivity index (χ0n) is 11.3. The standard InChI is InChI=1S/C14H21N3O.ClH/c1-17(10-12-6-2-4-8-15-12)11-14(18)13-7-3-5-9-16-13;/h3,5,7,9,12,15H,2,4,6,8,10-11H2,1H3;1H. The lowest BCUT2D eigenvalue weighted by Crippen LogP contribution is -2.43. The van der Waals surface area contributed by atoms with Gasteiger partial charge in [0.15, 0.2) is 5.78 Å². The summed E-state index contributed by atoms with van der Waals surface area (Å²) in [4.78, 5) is 18.1. The number of rotatable bonds is 5. The highest BCUT2D eigenvalue weighted by Gasteiger charge is 2.16. The van der Waals surface area contributed by atoms with Gasteiger partial charge in [0, 0.05) is 18.8 Å². The molecule has 1 aliphatic heterocycles. The Morgan fingerprint density at radius 2 is 2.32 bits per heavy atom. The highest BCUT2D eigenvalue weighted by molar-refractivity contribution is 5.95. The van der Waals surface area contributed by atoms with E-state index in [9.17, 15) is 4.79 Å². The summed E-state index contributed by atoms with van der Waals surface area (Å²) >= 11 is 0. The number of ketones is 1. The van der Waals surface area contributed by atoms with E-state index < -0.39 is 0 Å². The fourth-order valence-electron chi connectivity index (χ4n) is 2.37. The molecule has 0 radical (unpaired) electrons. The molecule has 0 aliphatic carbocycles. The fourth-order valence-corrected chi connectivity index (χ4v) is 2.37. The minimum atomic E-state index is 0. The second-order valence-electron chi connectivity index (χ2n) is 4.98. The van der Waals surface area contributed by atoms with Gasteiger partial charge in [0.2, 0.25) is 0 Å². The summed E-state index contributed by atoms with van der Waals surface area (Å²) in [6, 6.07) is 5.98. The van der Waals surface area contributed by atoms with Crippen LogP contribution in [0.15, 0.2) is 24.4 Å². The van der Waals surface area contributed by atoms with Crippen molar-refractivity contribution in [3.05, 3.63) is 30.1 Å². The Labute approximate surface area is 121 Å². The Morgan fingerprint density at radius 1 is 1.47 bits per heavy atom. The number of pyridine rings is 1. The van der Waals surface area contributed by atoms with E-state index in [1.807, 2.05) is 19.2 Å². The largest absolute Gasteiger partial charge is 0.313 e. The first-order valence-corrected chi connectivity index (χ1v) is 6.62. The minimum Gasteiger partial charge on any atom is -0.313 e. The highest BCUT2D eigenvalue weighted by Crippen LogP contribution is 2.08. The van der Waals surface area contributed by atoms with E-state index in [2.05, 4.69) is 15.2 Å². The van der Waals surface area contributed by atoms with Crippen LogP contribution in [-0.2, 0) is 0 Å². The van der Waals surface area contributed by atoms with Gasteiger partial charge < -0.3 is 5.32 Å². The molecule has 0 spiro atoms. The van der Waals surface area contributed by atoms with Crippen LogP contribution in [0.4, 0.5) is 0 Å². The SMILES string of the molecule is CN(CC(=O)c1ccccn1)CC1CCCCN1.Cl. The number of Topliss-reactive ketones (excluding diaryl/α,β-unsaturated/α-hetero) is 1. The Balaban J connectivity index is 0.00000180. The summed E-state index contributed by atoms with van der Waals surface area (Å²) in [7, 11) is 2.00. The monoisotopic (exact) mass is 283 g/mol. The zero-order valence-corrected chi connectivity index (χ0v) is 12.2. The molecule has 5 heteroatoms. The minimum absolute atomic E-state index is 0. The number of piperidine rings is 1. The lowest BCUT2D eigenvalue weighted by molar-refractivity contribution is 0.0934.